The zero-order valence-electron chi connectivity index (χ0n) is 12.2. The number of anilines is 1. The number of nitrogens with one attached hydrogen (secondary N) is 1. The first-order chi connectivity index (χ1) is 10.8. The van der Waals surface area contributed by atoms with E-state index in [9.17, 15) is 17.2 Å². The molecule has 0 radical (unpaired) electrons. The minimum Gasteiger partial charge on any atom is -0.255 e. The standard InChI is InChI=1S/C15H12F2N2O2S2/c1-8-5-9(2)14-13(6-8)22-15(18-14)19-23(20,21)10-3-4-11(16)12(17)7-10/h3-7H,1-2H3,(H,18,19). The zero-order chi connectivity index (χ0) is 16.8. The Bertz CT molecular complexity index is 1010. The van der Waals surface area contributed by atoms with E-state index in [2.05, 4.69) is 9.71 Å². The van der Waals surface area contributed by atoms with Gasteiger partial charge in [0.05, 0.1) is 15.1 Å². The summed E-state index contributed by atoms with van der Waals surface area (Å²) in [5.41, 5.74) is 2.70. The van der Waals surface area contributed by atoms with Crippen molar-refractivity contribution in [1.82, 2.24) is 4.98 Å². The van der Waals surface area contributed by atoms with Gasteiger partial charge in [-0.15, -0.1) is 0 Å². The van der Waals surface area contributed by atoms with Crippen molar-refractivity contribution >= 4 is 36.7 Å². The summed E-state index contributed by atoms with van der Waals surface area (Å²) in [7, 11) is -4.03. The van der Waals surface area contributed by atoms with Gasteiger partial charge in [0.2, 0.25) is 0 Å². The monoisotopic (exact) mass is 354 g/mol. The Kier molecular flexibility index (Phi) is 3.81. The molecular formula is C15H12F2N2O2S2. The molecule has 0 spiro atoms. The molecule has 0 aliphatic rings. The van der Waals surface area contributed by atoms with Gasteiger partial charge >= 0.3 is 0 Å². The maximum Gasteiger partial charge on any atom is 0.263 e. The van der Waals surface area contributed by atoms with E-state index in [1.165, 1.54) is 11.3 Å². The number of hydrogen-bond acceptors (Lipinski definition) is 4. The Morgan fingerprint density at radius 2 is 1.83 bits per heavy atom. The second-order valence-corrected chi connectivity index (χ2v) is 7.84. The third-order valence-corrected chi connectivity index (χ3v) is 5.64. The van der Waals surface area contributed by atoms with Crippen LogP contribution >= 0.6 is 11.3 Å². The number of sulfonamides is 1. The van der Waals surface area contributed by atoms with E-state index < -0.39 is 21.7 Å². The first-order valence-electron chi connectivity index (χ1n) is 6.62. The molecule has 0 fully saturated rings. The Morgan fingerprint density at radius 1 is 1.09 bits per heavy atom. The van der Waals surface area contributed by atoms with E-state index in [0.29, 0.717) is 11.6 Å². The fourth-order valence-electron chi connectivity index (χ4n) is 2.23. The molecule has 3 aromatic rings. The molecule has 1 aromatic heterocycles. The summed E-state index contributed by atoms with van der Waals surface area (Å²) in [6, 6.07) is 6.28. The molecular weight excluding hydrogens is 342 g/mol. The van der Waals surface area contributed by atoms with Crippen molar-refractivity contribution in [1.29, 1.82) is 0 Å². The molecule has 0 unspecified atom stereocenters. The largest absolute Gasteiger partial charge is 0.263 e. The summed E-state index contributed by atoms with van der Waals surface area (Å²) in [5.74, 6) is -2.32. The SMILES string of the molecule is Cc1cc(C)c2nc(NS(=O)(=O)c3ccc(F)c(F)c3)sc2c1. The van der Waals surface area contributed by atoms with Crippen LogP contribution in [0.2, 0.25) is 0 Å². The number of nitrogens with zero attached hydrogens (tertiary/aromatic N) is 1. The quantitative estimate of drug-likeness (QED) is 0.774. The minimum atomic E-state index is -4.03. The summed E-state index contributed by atoms with van der Waals surface area (Å²) in [6.45, 7) is 3.83. The molecule has 0 bridgehead atoms. The highest BCUT2D eigenvalue weighted by Gasteiger charge is 2.19. The highest BCUT2D eigenvalue weighted by Crippen LogP contribution is 2.30. The lowest BCUT2D eigenvalue weighted by atomic mass is 10.1. The summed E-state index contributed by atoms with van der Waals surface area (Å²) in [4.78, 5) is 3.91. The number of benzene rings is 2. The first kappa shape index (κ1) is 15.8. The molecule has 120 valence electrons. The van der Waals surface area contributed by atoms with E-state index in [1.54, 1.807) is 0 Å². The van der Waals surface area contributed by atoms with Crippen LogP contribution < -0.4 is 4.72 Å². The van der Waals surface area contributed by atoms with Gasteiger partial charge in [-0.25, -0.2) is 22.2 Å². The fourth-order valence-corrected chi connectivity index (χ4v) is 4.52. The molecule has 0 amide bonds. The van der Waals surface area contributed by atoms with Crippen LogP contribution in [0.1, 0.15) is 11.1 Å². The maximum atomic E-state index is 13.2. The lowest BCUT2D eigenvalue weighted by Gasteiger charge is -2.05. The lowest BCUT2D eigenvalue weighted by Crippen LogP contribution is -2.13. The van der Waals surface area contributed by atoms with E-state index in [1.807, 2.05) is 26.0 Å². The van der Waals surface area contributed by atoms with Crippen molar-refractivity contribution in [3.8, 4) is 0 Å². The van der Waals surface area contributed by atoms with Gasteiger partial charge in [0.15, 0.2) is 16.8 Å². The van der Waals surface area contributed by atoms with Gasteiger partial charge in [0, 0.05) is 0 Å². The van der Waals surface area contributed by atoms with E-state index in [0.717, 1.165) is 28.0 Å². The van der Waals surface area contributed by atoms with Crippen LogP contribution in [-0.4, -0.2) is 13.4 Å². The van der Waals surface area contributed by atoms with Gasteiger partial charge in [-0.1, -0.05) is 17.4 Å². The number of aryl methyl sites for hydroxylation is 2. The smallest absolute Gasteiger partial charge is 0.255 e. The number of fused-ring (bicyclic) bond motifs is 1. The molecule has 0 aliphatic heterocycles. The number of thiazole rings is 1. The summed E-state index contributed by atoms with van der Waals surface area (Å²) in [5, 5.41) is 0.179. The number of aromatic nitrogens is 1. The van der Waals surface area contributed by atoms with Gasteiger partial charge in [-0.05, 0) is 49.2 Å². The average molecular weight is 354 g/mol. The van der Waals surface area contributed by atoms with Crippen molar-refractivity contribution < 1.29 is 17.2 Å². The van der Waals surface area contributed by atoms with Crippen molar-refractivity contribution in [2.45, 2.75) is 18.7 Å². The molecule has 1 heterocycles. The van der Waals surface area contributed by atoms with E-state index in [-0.39, 0.29) is 10.0 Å². The number of hydrogen-bond donors (Lipinski definition) is 1. The van der Waals surface area contributed by atoms with Gasteiger partial charge in [-0.3, -0.25) is 4.72 Å². The molecule has 4 nitrogen and oxygen atoms in total. The normalized spacial score (nSPS) is 11.8. The fraction of sp³-hybridized carbons (Fsp3) is 0.133. The van der Waals surface area contributed by atoms with Crippen LogP contribution in [0.15, 0.2) is 35.2 Å². The lowest BCUT2D eigenvalue weighted by molar-refractivity contribution is 0.504. The minimum absolute atomic E-state index is 0.179. The van der Waals surface area contributed by atoms with Gasteiger partial charge in [0.1, 0.15) is 0 Å². The average Bonchev–Trinajstić information content (AvgIpc) is 2.83. The molecule has 3 rings (SSSR count). The maximum absolute atomic E-state index is 13.2. The topological polar surface area (TPSA) is 59.1 Å². The van der Waals surface area contributed by atoms with Crippen LogP contribution in [0.4, 0.5) is 13.9 Å². The number of rotatable bonds is 3. The summed E-state index contributed by atoms with van der Waals surface area (Å²) < 4.78 is 53.8. The Labute approximate surface area is 135 Å². The van der Waals surface area contributed by atoms with Crippen LogP contribution in [0, 0.1) is 25.5 Å². The molecule has 2 aromatic carbocycles. The Balaban J connectivity index is 2.00. The molecule has 1 N–H and O–H groups in total. The van der Waals surface area contributed by atoms with Crippen LogP contribution in [0.5, 0.6) is 0 Å². The predicted molar refractivity (Wildman–Crippen MR) is 86.3 cm³/mol. The molecule has 8 heteroatoms. The van der Waals surface area contributed by atoms with Crippen LogP contribution in [0.25, 0.3) is 10.2 Å². The van der Waals surface area contributed by atoms with E-state index >= 15 is 0 Å². The van der Waals surface area contributed by atoms with Gasteiger partial charge < -0.3 is 0 Å². The Hall–Kier alpha value is -2.06. The summed E-state index contributed by atoms with van der Waals surface area (Å²) in [6.07, 6.45) is 0. The van der Waals surface area contributed by atoms with E-state index in [4.69, 9.17) is 0 Å². The van der Waals surface area contributed by atoms with Gasteiger partial charge in [-0.2, -0.15) is 0 Å². The van der Waals surface area contributed by atoms with Crippen LogP contribution in [-0.2, 0) is 10.0 Å². The van der Waals surface area contributed by atoms with Crippen LogP contribution in [0.3, 0.4) is 0 Å². The van der Waals surface area contributed by atoms with Crippen molar-refractivity contribution in [2.24, 2.45) is 0 Å². The second-order valence-electron chi connectivity index (χ2n) is 5.13. The second kappa shape index (κ2) is 5.54. The molecule has 0 saturated heterocycles. The number of halogens is 2. The third-order valence-electron chi connectivity index (χ3n) is 3.25. The highest BCUT2D eigenvalue weighted by molar-refractivity contribution is 7.93. The van der Waals surface area contributed by atoms with Crippen molar-refractivity contribution in [2.75, 3.05) is 4.72 Å². The predicted octanol–water partition coefficient (Wildman–Crippen LogP) is 3.99. The summed E-state index contributed by atoms with van der Waals surface area (Å²) >= 11 is 1.19. The molecule has 0 aliphatic carbocycles. The molecule has 0 saturated carbocycles. The molecule has 0 atom stereocenters. The van der Waals surface area contributed by atoms with Crippen molar-refractivity contribution in [3.05, 3.63) is 53.1 Å². The molecule has 23 heavy (non-hydrogen) atoms. The van der Waals surface area contributed by atoms with Crippen molar-refractivity contribution in [3.63, 3.8) is 0 Å². The highest BCUT2D eigenvalue weighted by atomic mass is 32.2. The zero-order valence-corrected chi connectivity index (χ0v) is 13.9. The first-order valence-corrected chi connectivity index (χ1v) is 8.92. The Morgan fingerprint density at radius 3 is 2.52 bits per heavy atom. The van der Waals surface area contributed by atoms with Gasteiger partial charge in [0.25, 0.3) is 10.0 Å². The third kappa shape index (κ3) is 3.04.